The molecule has 0 fully saturated rings. The first-order valence-electron chi connectivity index (χ1n) is 2.44. The van der Waals surface area contributed by atoms with Crippen LogP contribution in [-0.4, -0.2) is 15.0 Å². The van der Waals surface area contributed by atoms with E-state index in [1.165, 1.54) is 0 Å². The average Bonchev–Trinajstić information content (AvgIpc) is 2.12. The van der Waals surface area contributed by atoms with E-state index in [0.717, 1.165) is 5.70 Å². The van der Waals surface area contributed by atoms with Crippen LogP contribution in [0, 0.1) is 0 Å². The summed E-state index contributed by atoms with van der Waals surface area (Å²) in [6.45, 7) is 5.65. The second-order valence-electron chi connectivity index (χ2n) is 1.71. The van der Waals surface area contributed by atoms with Gasteiger partial charge < -0.3 is 10.0 Å². The highest BCUT2D eigenvalue weighted by molar-refractivity contribution is 5.36. The lowest BCUT2D eigenvalue weighted by Gasteiger charge is -1.94. The predicted molar refractivity (Wildman–Crippen MR) is 36.8 cm³/mol. The molecule has 0 aromatic carbocycles. The van der Waals surface area contributed by atoms with E-state index >= 15 is 0 Å². The molecule has 1 aromatic heterocycles. The summed E-state index contributed by atoms with van der Waals surface area (Å²) in [5, 5.41) is 0. The molecular formula is C6H10N2O. The molecule has 0 bridgehead atoms. The van der Waals surface area contributed by atoms with Gasteiger partial charge in [0.05, 0.1) is 6.33 Å². The van der Waals surface area contributed by atoms with Crippen LogP contribution >= 0.6 is 0 Å². The van der Waals surface area contributed by atoms with Crippen molar-refractivity contribution in [3.63, 3.8) is 0 Å². The standard InChI is InChI=1S/C6H8N2.H2O/c1-6(2)8-4-3-7-5-8;/h3-5H,1H2,2H3;1H2. The monoisotopic (exact) mass is 126 g/mol. The largest absolute Gasteiger partial charge is 0.412 e. The minimum absolute atomic E-state index is 0. The quantitative estimate of drug-likeness (QED) is 0.542. The van der Waals surface area contributed by atoms with Crippen LogP contribution in [0.2, 0.25) is 0 Å². The van der Waals surface area contributed by atoms with Gasteiger partial charge >= 0.3 is 0 Å². The van der Waals surface area contributed by atoms with Gasteiger partial charge in [0.2, 0.25) is 0 Å². The van der Waals surface area contributed by atoms with Gasteiger partial charge in [-0.3, -0.25) is 0 Å². The molecule has 0 saturated heterocycles. The molecule has 2 N–H and O–H groups in total. The second-order valence-corrected chi connectivity index (χ2v) is 1.71. The Balaban J connectivity index is 0.000000640. The molecule has 0 spiro atoms. The van der Waals surface area contributed by atoms with Gasteiger partial charge in [0, 0.05) is 18.1 Å². The van der Waals surface area contributed by atoms with E-state index in [2.05, 4.69) is 11.6 Å². The van der Waals surface area contributed by atoms with E-state index in [4.69, 9.17) is 0 Å². The first-order chi connectivity index (χ1) is 3.80. The van der Waals surface area contributed by atoms with Crippen molar-refractivity contribution in [2.45, 2.75) is 6.92 Å². The molecule has 0 atom stereocenters. The maximum atomic E-state index is 3.85. The predicted octanol–water partition coefficient (Wildman–Crippen LogP) is 0.549. The summed E-state index contributed by atoms with van der Waals surface area (Å²) in [7, 11) is 0. The van der Waals surface area contributed by atoms with Crippen LogP contribution in [0.3, 0.4) is 0 Å². The van der Waals surface area contributed by atoms with Gasteiger partial charge in [-0.05, 0) is 6.92 Å². The summed E-state index contributed by atoms with van der Waals surface area (Å²) in [4.78, 5) is 3.85. The summed E-state index contributed by atoms with van der Waals surface area (Å²) in [6, 6.07) is 0. The maximum Gasteiger partial charge on any atom is 0.0988 e. The average molecular weight is 126 g/mol. The zero-order valence-electron chi connectivity index (χ0n) is 5.33. The smallest absolute Gasteiger partial charge is 0.0988 e. The Morgan fingerprint density at radius 3 is 2.56 bits per heavy atom. The lowest BCUT2D eigenvalue weighted by molar-refractivity contribution is 0.824. The van der Waals surface area contributed by atoms with E-state index in [9.17, 15) is 0 Å². The summed E-state index contributed by atoms with van der Waals surface area (Å²) >= 11 is 0. The maximum absolute atomic E-state index is 3.85. The molecule has 0 radical (unpaired) electrons. The van der Waals surface area contributed by atoms with Crippen LogP contribution in [0.15, 0.2) is 25.3 Å². The van der Waals surface area contributed by atoms with Gasteiger partial charge in [-0.1, -0.05) is 6.58 Å². The van der Waals surface area contributed by atoms with Crippen molar-refractivity contribution in [2.24, 2.45) is 0 Å². The first-order valence-corrected chi connectivity index (χ1v) is 2.44. The highest BCUT2D eigenvalue weighted by atomic mass is 16.0. The van der Waals surface area contributed by atoms with Crippen molar-refractivity contribution >= 4 is 5.70 Å². The third-order valence-electron chi connectivity index (χ3n) is 0.945. The highest BCUT2D eigenvalue weighted by Gasteiger charge is 1.83. The molecule has 3 nitrogen and oxygen atoms in total. The molecule has 0 aliphatic rings. The lowest BCUT2D eigenvalue weighted by Crippen LogP contribution is -1.84. The molecule has 0 aliphatic carbocycles. The summed E-state index contributed by atoms with van der Waals surface area (Å²) < 4.78 is 1.86. The molecule has 1 rings (SSSR count). The van der Waals surface area contributed by atoms with E-state index in [1.54, 1.807) is 12.5 Å². The Labute approximate surface area is 54.0 Å². The Bertz CT molecular complexity index is 179. The normalized spacial score (nSPS) is 8.11. The summed E-state index contributed by atoms with van der Waals surface area (Å²) in [6.07, 6.45) is 5.32. The molecule has 0 saturated carbocycles. The van der Waals surface area contributed by atoms with Gasteiger partial charge in [0.1, 0.15) is 0 Å². The molecule has 9 heavy (non-hydrogen) atoms. The zero-order chi connectivity index (χ0) is 5.98. The number of nitrogens with zero attached hydrogens (tertiary/aromatic N) is 2. The third kappa shape index (κ3) is 1.70. The van der Waals surface area contributed by atoms with Crippen molar-refractivity contribution in [1.29, 1.82) is 0 Å². The number of rotatable bonds is 1. The van der Waals surface area contributed by atoms with Crippen LogP contribution in [0.1, 0.15) is 6.92 Å². The highest BCUT2D eigenvalue weighted by Crippen LogP contribution is 1.95. The fraction of sp³-hybridized carbons (Fsp3) is 0.167. The van der Waals surface area contributed by atoms with Crippen LogP contribution in [0.25, 0.3) is 5.70 Å². The Hall–Kier alpha value is -1.09. The van der Waals surface area contributed by atoms with Gasteiger partial charge in [-0.25, -0.2) is 4.98 Å². The number of imidazole rings is 1. The van der Waals surface area contributed by atoms with Crippen molar-refractivity contribution in [3.05, 3.63) is 25.3 Å². The van der Waals surface area contributed by atoms with Crippen molar-refractivity contribution in [1.82, 2.24) is 9.55 Å². The minimum Gasteiger partial charge on any atom is -0.412 e. The zero-order valence-corrected chi connectivity index (χ0v) is 5.33. The van der Waals surface area contributed by atoms with Crippen LogP contribution in [0.4, 0.5) is 0 Å². The van der Waals surface area contributed by atoms with E-state index < -0.39 is 0 Å². The van der Waals surface area contributed by atoms with Gasteiger partial charge in [-0.2, -0.15) is 0 Å². The molecular weight excluding hydrogens is 116 g/mol. The number of allylic oxidation sites excluding steroid dienone is 1. The number of hydrogen-bond acceptors (Lipinski definition) is 1. The van der Waals surface area contributed by atoms with Gasteiger partial charge in [-0.15, -0.1) is 0 Å². The van der Waals surface area contributed by atoms with Crippen molar-refractivity contribution < 1.29 is 5.48 Å². The Morgan fingerprint density at radius 1 is 1.67 bits per heavy atom. The molecule has 3 heteroatoms. The summed E-state index contributed by atoms with van der Waals surface area (Å²) in [5.74, 6) is 0. The molecule has 1 heterocycles. The van der Waals surface area contributed by atoms with E-state index in [-0.39, 0.29) is 5.48 Å². The summed E-state index contributed by atoms with van der Waals surface area (Å²) in [5.41, 5.74) is 0.988. The Morgan fingerprint density at radius 2 is 2.33 bits per heavy atom. The number of hydrogen-bond donors (Lipinski definition) is 0. The number of aromatic nitrogens is 2. The van der Waals surface area contributed by atoms with Gasteiger partial charge in [0.15, 0.2) is 0 Å². The molecule has 0 amide bonds. The van der Waals surface area contributed by atoms with Crippen LogP contribution in [0.5, 0.6) is 0 Å². The van der Waals surface area contributed by atoms with E-state index in [0.29, 0.717) is 0 Å². The fourth-order valence-electron chi connectivity index (χ4n) is 0.485. The second kappa shape index (κ2) is 3.04. The first kappa shape index (κ1) is 7.91. The van der Waals surface area contributed by atoms with Crippen molar-refractivity contribution in [3.8, 4) is 0 Å². The van der Waals surface area contributed by atoms with E-state index in [1.807, 2.05) is 17.7 Å². The topological polar surface area (TPSA) is 49.3 Å². The fourth-order valence-corrected chi connectivity index (χ4v) is 0.485. The van der Waals surface area contributed by atoms with Crippen molar-refractivity contribution in [2.75, 3.05) is 0 Å². The van der Waals surface area contributed by atoms with Crippen LogP contribution in [-0.2, 0) is 0 Å². The molecule has 0 unspecified atom stereocenters. The van der Waals surface area contributed by atoms with Gasteiger partial charge in [0.25, 0.3) is 0 Å². The molecule has 0 aliphatic heterocycles. The molecule has 50 valence electrons. The molecule has 1 aromatic rings. The SMILES string of the molecule is C=C(C)n1ccnc1.O. The Kier molecular flexibility index (Phi) is 2.67. The lowest BCUT2D eigenvalue weighted by atomic mass is 10.6. The third-order valence-corrected chi connectivity index (χ3v) is 0.945. The van der Waals surface area contributed by atoms with Crippen LogP contribution < -0.4 is 0 Å². The minimum atomic E-state index is 0.